The average molecular weight is 309 g/mol. The van der Waals surface area contributed by atoms with Gasteiger partial charge in [0, 0.05) is 10.3 Å². The fourth-order valence-corrected chi connectivity index (χ4v) is 4.35. The van der Waals surface area contributed by atoms with Crippen LogP contribution in [0.1, 0.15) is 0 Å². The third kappa shape index (κ3) is 2.37. The van der Waals surface area contributed by atoms with Crippen LogP contribution in [-0.4, -0.2) is 10.1 Å². The minimum absolute atomic E-state index is 0.287. The van der Waals surface area contributed by atoms with Gasteiger partial charge in [0.1, 0.15) is 5.75 Å². The zero-order valence-corrected chi connectivity index (χ0v) is 12.6. The van der Waals surface area contributed by atoms with Crippen molar-refractivity contribution in [2.45, 2.75) is 9.24 Å². The number of nitrogens with zero attached hydrogens (tertiary/aromatic N) is 1. The number of rotatable bonds is 2. The number of fused-ring (bicyclic) bond motifs is 3. The maximum Gasteiger partial charge on any atom is 0.155 e. The highest BCUT2D eigenvalue weighted by molar-refractivity contribution is 8.01. The van der Waals surface area contributed by atoms with Gasteiger partial charge in [-0.3, -0.25) is 0 Å². The summed E-state index contributed by atoms with van der Waals surface area (Å²) in [5.41, 5.74) is 1.07. The second kappa shape index (κ2) is 5.06. The highest BCUT2D eigenvalue weighted by Crippen LogP contribution is 2.37. The van der Waals surface area contributed by atoms with Gasteiger partial charge < -0.3 is 5.11 Å². The van der Waals surface area contributed by atoms with Gasteiger partial charge in [-0.2, -0.15) is 0 Å². The van der Waals surface area contributed by atoms with Gasteiger partial charge in [0.25, 0.3) is 0 Å². The molecule has 21 heavy (non-hydrogen) atoms. The maximum atomic E-state index is 9.33. The molecule has 1 heterocycles. The summed E-state index contributed by atoms with van der Waals surface area (Å²) in [4.78, 5) is 5.86. The lowest BCUT2D eigenvalue weighted by atomic mass is 10.1. The molecule has 0 bridgehead atoms. The molecule has 0 radical (unpaired) electrons. The van der Waals surface area contributed by atoms with Gasteiger partial charge in [-0.15, -0.1) is 11.3 Å². The van der Waals surface area contributed by atoms with Crippen molar-refractivity contribution >= 4 is 44.1 Å². The first-order valence-corrected chi connectivity index (χ1v) is 8.18. The molecule has 0 atom stereocenters. The van der Waals surface area contributed by atoms with Gasteiger partial charge in [-0.05, 0) is 35.7 Å². The molecular weight excluding hydrogens is 298 g/mol. The van der Waals surface area contributed by atoms with Crippen molar-refractivity contribution in [2.75, 3.05) is 0 Å². The van der Waals surface area contributed by atoms with E-state index < -0.39 is 0 Å². The van der Waals surface area contributed by atoms with E-state index in [0.717, 1.165) is 14.8 Å². The molecule has 0 aliphatic heterocycles. The molecule has 102 valence electrons. The van der Waals surface area contributed by atoms with E-state index in [0.29, 0.717) is 0 Å². The number of phenols is 1. The summed E-state index contributed by atoms with van der Waals surface area (Å²) < 4.78 is 2.22. The Balaban J connectivity index is 1.79. The monoisotopic (exact) mass is 309 g/mol. The number of hydrogen-bond acceptors (Lipinski definition) is 4. The van der Waals surface area contributed by atoms with Gasteiger partial charge in [-0.1, -0.05) is 42.1 Å². The molecule has 0 unspecified atom stereocenters. The Bertz CT molecular complexity index is 928. The van der Waals surface area contributed by atoms with E-state index in [2.05, 4.69) is 24.3 Å². The average Bonchev–Trinajstić information content (AvgIpc) is 2.92. The molecule has 4 heteroatoms. The molecule has 4 rings (SSSR count). The highest BCUT2D eigenvalue weighted by atomic mass is 32.2. The first-order valence-electron chi connectivity index (χ1n) is 6.55. The van der Waals surface area contributed by atoms with E-state index in [-0.39, 0.29) is 5.75 Å². The maximum absolute atomic E-state index is 9.33. The summed E-state index contributed by atoms with van der Waals surface area (Å²) in [5.74, 6) is 0.287. The van der Waals surface area contributed by atoms with Crippen LogP contribution >= 0.6 is 23.1 Å². The lowest BCUT2D eigenvalue weighted by Gasteiger charge is -1.97. The molecular formula is C17H11NOS2. The van der Waals surface area contributed by atoms with Crippen LogP contribution in [0.25, 0.3) is 21.0 Å². The smallest absolute Gasteiger partial charge is 0.155 e. The zero-order chi connectivity index (χ0) is 14.2. The molecule has 1 N–H and O–H groups in total. The van der Waals surface area contributed by atoms with Crippen molar-refractivity contribution < 1.29 is 5.11 Å². The molecule has 0 spiro atoms. The van der Waals surface area contributed by atoms with E-state index in [1.54, 1.807) is 35.2 Å². The first-order chi connectivity index (χ1) is 10.3. The molecule has 0 aliphatic carbocycles. The normalized spacial score (nSPS) is 11.2. The van der Waals surface area contributed by atoms with Gasteiger partial charge in [0.05, 0.1) is 10.2 Å². The van der Waals surface area contributed by atoms with Gasteiger partial charge in [-0.25, -0.2) is 4.98 Å². The van der Waals surface area contributed by atoms with Crippen LogP contribution in [0, 0.1) is 0 Å². The number of aromatic hydroxyl groups is 1. The van der Waals surface area contributed by atoms with Crippen LogP contribution < -0.4 is 0 Å². The summed E-state index contributed by atoms with van der Waals surface area (Å²) in [6.45, 7) is 0. The summed E-state index contributed by atoms with van der Waals surface area (Å²) >= 11 is 3.33. The predicted octanol–water partition coefficient (Wildman–Crippen LogP) is 5.31. The van der Waals surface area contributed by atoms with E-state index in [1.807, 2.05) is 24.3 Å². The number of aromatic nitrogens is 1. The molecule has 1 aromatic heterocycles. The van der Waals surface area contributed by atoms with E-state index in [1.165, 1.54) is 15.5 Å². The SMILES string of the molecule is Oc1ccc(Sc2nc3c(ccc4ccccc43)s2)cc1. The minimum Gasteiger partial charge on any atom is -0.508 e. The summed E-state index contributed by atoms with van der Waals surface area (Å²) in [6.07, 6.45) is 0. The molecule has 0 fully saturated rings. The fourth-order valence-electron chi connectivity index (χ4n) is 2.30. The Morgan fingerprint density at radius 3 is 2.57 bits per heavy atom. The third-order valence-electron chi connectivity index (χ3n) is 3.31. The van der Waals surface area contributed by atoms with Crippen LogP contribution in [-0.2, 0) is 0 Å². The second-order valence-electron chi connectivity index (χ2n) is 4.71. The van der Waals surface area contributed by atoms with Gasteiger partial charge >= 0.3 is 0 Å². The summed E-state index contributed by atoms with van der Waals surface area (Å²) in [6, 6.07) is 19.8. The Morgan fingerprint density at radius 1 is 0.905 bits per heavy atom. The van der Waals surface area contributed by atoms with Crippen molar-refractivity contribution in [1.82, 2.24) is 4.98 Å². The standard InChI is InChI=1S/C17H11NOS2/c19-12-6-8-13(9-7-12)20-17-18-16-14-4-2-1-3-11(14)5-10-15(16)21-17/h1-10,19H. The topological polar surface area (TPSA) is 33.1 Å². The van der Waals surface area contributed by atoms with Crippen LogP contribution in [0.15, 0.2) is 69.9 Å². The van der Waals surface area contributed by atoms with Gasteiger partial charge in [0.2, 0.25) is 0 Å². The molecule has 2 nitrogen and oxygen atoms in total. The molecule has 0 saturated carbocycles. The van der Waals surface area contributed by atoms with Crippen LogP contribution in [0.3, 0.4) is 0 Å². The third-order valence-corrected chi connectivity index (χ3v) is 5.39. The summed E-state index contributed by atoms with van der Waals surface area (Å²) in [5, 5.41) is 11.8. The number of thiazole rings is 1. The second-order valence-corrected chi connectivity index (χ2v) is 7.06. The molecule has 0 amide bonds. The Labute approximate surface area is 130 Å². The van der Waals surface area contributed by atoms with E-state index >= 15 is 0 Å². The van der Waals surface area contributed by atoms with Gasteiger partial charge in [0.15, 0.2) is 4.34 Å². The Morgan fingerprint density at radius 2 is 1.71 bits per heavy atom. The van der Waals surface area contributed by atoms with Crippen LogP contribution in [0.4, 0.5) is 0 Å². The number of benzene rings is 3. The van der Waals surface area contributed by atoms with E-state index in [9.17, 15) is 5.11 Å². The molecule has 0 saturated heterocycles. The lowest BCUT2D eigenvalue weighted by molar-refractivity contribution is 0.475. The van der Waals surface area contributed by atoms with Crippen LogP contribution in [0.5, 0.6) is 5.75 Å². The van der Waals surface area contributed by atoms with Crippen LogP contribution in [0.2, 0.25) is 0 Å². The first kappa shape index (κ1) is 12.7. The van der Waals surface area contributed by atoms with Crippen molar-refractivity contribution in [2.24, 2.45) is 0 Å². The molecule has 4 aromatic rings. The molecule has 0 aliphatic rings. The largest absolute Gasteiger partial charge is 0.508 e. The van der Waals surface area contributed by atoms with E-state index in [4.69, 9.17) is 4.98 Å². The minimum atomic E-state index is 0.287. The Kier molecular flexibility index (Phi) is 3.05. The quantitative estimate of drug-likeness (QED) is 0.545. The molecule has 3 aromatic carbocycles. The predicted molar refractivity (Wildman–Crippen MR) is 89.4 cm³/mol. The zero-order valence-electron chi connectivity index (χ0n) is 11.0. The summed E-state index contributed by atoms with van der Waals surface area (Å²) in [7, 11) is 0. The number of phenolic OH excluding ortho intramolecular Hbond substituents is 1. The lowest BCUT2D eigenvalue weighted by Crippen LogP contribution is -1.75. The van der Waals surface area contributed by atoms with Crippen molar-refractivity contribution in [3.63, 3.8) is 0 Å². The fraction of sp³-hybridized carbons (Fsp3) is 0. The van der Waals surface area contributed by atoms with Crippen molar-refractivity contribution in [1.29, 1.82) is 0 Å². The van der Waals surface area contributed by atoms with Crippen molar-refractivity contribution in [3.8, 4) is 5.75 Å². The highest BCUT2D eigenvalue weighted by Gasteiger charge is 2.08. The van der Waals surface area contributed by atoms with Crippen molar-refractivity contribution in [3.05, 3.63) is 60.7 Å². The Hall–Kier alpha value is -2.04. The number of hydrogen-bond donors (Lipinski definition) is 1.